The van der Waals surface area contributed by atoms with Crippen LogP contribution in [0.25, 0.3) is 15.2 Å². The number of nitrogens with zero attached hydrogens (tertiary/aromatic N) is 4. The number of thioether (sulfide) groups is 1. The molecule has 0 atom stereocenters. The summed E-state index contributed by atoms with van der Waals surface area (Å²) < 4.78 is 3.24. The molecule has 156 valence electrons. The summed E-state index contributed by atoms with van der Waals surface area (Å²) in [7, 11) is 0. The minimum atomic E-state index is -0.160. The molecule has 0 unspecified atom stereocenters. The number of thiazole rings is 1. The van der Waals surface area contributed by atoms with Gasteiger partial charge in [-0.1, -0.05) is 36.1 Å². The second-order valence-electron chi connectivity index (χ2n) is 6.51. The summed E-state index contributed by atoms with van der Waals surface area (Å²) in [6.45, 7) is 2.01. The van der Waals surface area contributed by atoms with Gasteiger partial charge in [0.2, 0.25) is 4.96 Å². The van der Waals surface area contributed by atoms with E-state index in [1.165, 1.54) is 33.3 Å². The standard InChI is InChI=1S/C20H15N5O2S4/c1-2-16-24-25-17(26)9-12(22-19(25)31-16)10-29-20-23-13-6-5-11(8-15(13)30-20)21-18(27)14-4-3-7-28-14/h3-9H,2,10H2,1H3,(H,21,27). The number of hydrogen-bond acceptors (Lipinski definition) is 9. The van der Waals surface area contributed by atoms with Gasteiger partial charge >= 0.3 is 0 Å². The van der Waals surface area contributed by atoms with Crippen LogP contribution >= 0.6 is 45.8 Å². The van der Waals surface area contributed by atoms with Crippen molar-refractivity contribution in [2.45, 2.75) is 23.4 Å². The highest BCUT2D eigenvalue weighted by Crippen LogP contribution is 2.33. The maximum Gasteiger partial charge on any atom is 0.275 e. The highest BCUT2D eigenvalue weighted by molar-refractivity contribution is 8.00. The Hall–Kier alpha value is -2.60. The number of fused-ring (bicyclic) bond motifs is 2. The van der Waals surface area contributed by atoms with E-state index < -0.39 is 0 Å². The van der Waals surface area contributed by atoms with Gasteiger partial charge in [-0.3, -0.25) is 9.59 Å². The predicted octanol–water partition coefficient (Wildman–Crippen LogP) is 4.93. The van der Waals surface area contributed by atoms with E-state index in [9.17, 15) is 9.59 Å². The molecule has 0 aliphatic heterocycles. The van der Waals surface area contributed by atoms with Crippen LogP contribution in [0.15, 0.2) is 50.9 Å². The Kier molecular flexibility index (Phi) is 5.57. The molecule has 0 aliphatic carbocycles. The molecule has 1 N–H and O–H groups in total. The van der Waals surface area contributed by atoms with Crippen LogP contribution in [0.1, 0.15) is 27.3 Å². The molecule has 5 rings (SSSR count). The lowest BCUT2D eigenvalue weighted by Crippen LogP contribution is -2.15. The van der Waals surface area contributed by atoms with Crippen molar-refractivity contribution in [2.24, 2.45) is 0 Å². The highest BCUT2D eigenvalue weighted by Gasteiger charge is 2.12. The van der Waals surface area contributed by atoms with Crippen molar-refractivity contribution in [3.63, 3.8) is 0 Å². The van der Waals surface area contributed by atoms with E-state index in [-0.39, 0.29) is 11.5 Å². The molecule has 7 nitrogen and oxygen atoms in total. The number of amides is 1. The Morgan fingerprint density at radius 1 is 1.19 bits per heavy atom. The summed E-state index contributed by atoms with van der Waals surface area (Å²) >= 11 is 5.95. The monoisotopic (exact) mass is 485 g/mol. The smallest absolute Gasteiger partial charge is 0.275 e. The molecule has 0 saturated carbocycles. The number of nitrogens with one attached hydrogen (secondary N) is 1. The van der Waals surface area contributed by atoms with Gasteiger partial charge in [-0.15, -0.1) is 22.7 Å². The van der Waals surface area contributed by atoms with E-state index in [0.717, 1.165) is 31.7 Å². The highest BCUT2D eigenvalue weighted by atomic mass is 32.2. The number of carbonyl (C=O) groups is 1. The first kappa shape index (κ1) is 20.3. The molecule has 0 aliphatic rings. The van der Waals surface area contributed by atoms with E-state index in [1.807, 2.05) is 36.6 Å². The zero-order valence-electron chi connectivity index (χ0n) is 16.2. The first-order valence-corrected chi connectivity index (χ1v) is 12.9. The third kappa shape index (κ3) is 4.26. The van der Waals surface area contributed by atoms with E-state index >= 15 is 0 Å². The Morgan fingerprint density at radius 2 is 2.10 bits per heavy atom. The van der Waals surface area contributed by atoms with Gasteiger partial charge in [-0.2, -0.15) is 9.61 Å². The van der Waals surface area contributed by atoms with Gasteiger partial charge in [-0.05, 0) is 36.1 Å². The summed E-state index contributed by atoms with van der Waals surface area (Å²) in [5.74, 6) is 0.433. The minimum absolute atomic E-state index is 0.115. The molecule has 0 fully saturated rings. The van der Waals surface area contributed by atoms with Crippen LogP contribution in [-0.4, -0.2) is 25.5 Å². The van der Waals surface area contributed by atoms with Crippen molar-refractivity contribution < 1.29 is 4.79 Å². The first-order chi connectivity index (χ1) is 15.1. The number of carbonyl (C=O) groups excluding carboxylic acids is 1. The van der Waals surface area contributed by atoms with Crippen LogP contribution in [0.3, 0.4) is 0 Å². The third-order valence-corrected chi connectivity index (χ3v) is 8.47. The summed E-state index contributed by atoms with van der Waals surface area (Å²) in [6, 6.07) is 10.9. The molecule has 0 saturated heterocycles. The minimum Gasteiger partial charge on any atom is -0.321 e. The Balaban J connectivity index is 1.32. The summed E-state index contributed by atoms with van der Waals surface area (Å²) in [5, 5.41) is 9.97. The zero-order valence-corrected chi connectivity index (χ0v) is 19.5. The molecule has 1 amide bonds. The molecule has 1 aromatic carbocycles. The summed E-state index contributed by atoms with van der Waals surface area (Å²) in [4.78, 5) is 35.1. The molecule has 4 aromatic heterocycles. The number of aryl methyl sites for hydroxylation is 1. The maximum absolute atomic E-state index is 12.3. The molecule has 5 aromatic rings. The number of benzene rings is 1. The SMILES string of the molecule is CCc1nn2c(=O)cc(CSc3nc4ccc(NC(=O)c5cccs5)cc4s3)nc2s1. The summed E-state index contributed by atoms with van der Waals surface area (Å²) in [6.07, 6.45) is 0.777. The van der Waals surface area contributed by atoms with Crippen molar-refractivity contribution in [2.75, 3.05) is 5.32 Å². The molecule has 0 spiro atoms. The van der Waals surface area contributed by atoms with Crippen molar-refractivity contribution in [1.82, 2.24) is 19.6 Å². The fourth-order valence-corrected chi connectivity index (χ4v) is 6.37. The molecular formula is C20H15N5O2S4. The van der Waals surface area contributed by atoms with Gasteiger partial charge in [0.1, 0.15) is 5.01 Å². The second kappa shape index (κ2) is 8.50. The van der Waals surface area contributed by atoms with Crippen LogP contribution < -0.4 is 10.9 Å². The number of rotatable bonds is 6. The third-order valence-electron chi connectivity index (χ3n) is 4.36. The molecular weight excluding hydrogens is 471 g/mol. The topological polar surface area (TPSA) is 89.3 Å². The van der Waals surface area contributed by atoms with Crippen LogP contribution in [0.4, 0.5) is 5.69 Å². The number of thiophene rings is 1. The number of aromatic nitrogens is 4. The van der Waals surface area contributed by atoms with Gasteiger partial charge in [-0.25, -0.2) is 9.97 Å². The van der Waals surface area contributed by atoms with Crippen molar-refractivity contribution in [3.8, 4) is 0 Å². The lowest BCUT2D eigenvalue weighted by Gasteiger charge is -2.02. The van der Waals surface area contributed by atoms with E-state index in [1.54, 1.807) is 29.2 Å². The average molecular weight is 486 g/mol. The quantitative estimate of drug-likeness (QED) is 0.343. The molecule has 11 heteroatoms. The average Bonchev–Trinajstić information content (AvgIpc) is 3.50. The Morgan fingerprint density at radius 3 is 2.90 bits per heavy atom. The fraction of sp³-hybridized carbons (Fsp3) is 0.150. The zero-order chi connectivity index (χ0) is 21.4. The number of hydrogen-bond donors (Lipinski definition) is 1. The maximum atomic E-state index is 12.3. The van der Waals surface area contributed by atoms with Crippen LogP contribution in [0.5, 0.6) is 0 Å². The van der Waals surface area contributed by atoms with Gasteiger partial charge in [0.25, 0.3) is 11.5 Å². The Labute approximate surface area is 192 Å². The number of anilines is 1. The predicted molar refractivity (Wildman–Crippen MR) is 128 cm³/mol. The van der Waals surface area contributed by atoms with Gasteiger partial charge in [0.05, 0.1) is 20.8 Å². The van der Waals surface area contributed by atoms with Crippen molar-refractivity contribution in [3.05, 3.63) is 67.7 Å². The lowest BCUT2D eigenvalue weighted by molar-refractivity contribution is 0.103. The molecule has 4 heterocycles. The molecule has 31 heavy (non-hydrogen) atoms. The van der Waals surface area contributed by atoms with Gasteiger partial charge in [0.15, 0.2) is 4.34 Å². The fourth-order valence-electron chi connectivity index (χ4n) is 2.89. The van der Waals surface area contributed by atoms with E-state index in [2.05, 4.69) is 20.4 Å². The van der Waals surface area contributed by atoms with Crippen molar-refractivity contribution in [1.29, 1.82) is 0 Å². The normalized spacial score (nSPS) is 11.4. The molecule has 0 radical (unpaired) electrons. The first-order valence-electron chi connectivity index (χ1n) is 9.36. The van der Waals surface area contributed by atoms with Crippen molar-refractivity contribution >= 4 is 72.5 Å². The largest absolute Gasteiger partial charge is 0.321 e. The van der Waals surface area contributed by atoms with Crippen LogP contribution in [0, 0.1) is 0 Å². The van der Waals surface area contributed by atoms with E-state index in [0.29, 0.717) is 21.3 Å². The van der Waals surface area contributed by atoms with E-state index in [4.69, 9.17) is 0 Å². The Bertz CT molecular complexity index is 1450. The molecule has 0 bridgehead atoms. The lowest BCUT2D eigenvalue weighted by atomic mass is 10.3. The van der Waals surface area contributed by atoms with Gasteiger partial charge < -0.3 is 5.32 Å². The van der Waals surface area contributed by atoms with Crippen LogP contribution in [0.2, 0.25) is 0 Å². The summed E-state index contributed by atoms with van der Waals surface area (Å²) in [5.41, 5.74) is 2.17. The second-order valence-corrected chi connectivity index (χ2v) is 10.8. The van der Waals surface area contributed by atoms with Gasteiger partial charge in [0, 0.05) is 17.5 Å². The van der Waals surface area contributed by atoms with Crippen LogP contribution in [-0.2, 0) is 12.2 Å².